The molecule has 1 atom stereocenters. The fourth-order valence-electron chi connectivity index (χ4n) is 1.06. The molecule has 0 saturated carbocycles. The van der Waals surface area contributed by atoms with Crippen LogP contribution in [0.1, 0.15) is 32.6 Å². The van der Waals surface area contributed by atoms with Gasteiger partial charge >= 0.3 is 0 Å². The zero-order valence-electron chi connectivity index (χ0n) is 6.94. The van der Waals surface area contributed by atoms with E-state index in [4.69, 9.17) is 5.41 Å². The Morgan fingerprint density at radius 2 is 2.18 bits per heavy atom. The highest BCUT2D eigenvalue weighted by atomic mass is 19.1. The van der Waals surface area contributed by atoms with E-state index in [1.165, 1.54) is 6.21 Å². The first-order valence-corrected chi connectivity index (χ1v) is 3.96. The summed E-state index contributed by atoms with van der Waals surface area (Å²) in [5, 5.41) is 16.2. The molecule has 0 rings (SSSR count). The Morgan fingerprint density at radius 1 is 1.55 bits per heavy atom. The van der Waals surface area contributed by atoms with Crippen LogP contribution in [-0.2, 0) is 0 Å². The van der Waals surface area contributed by atoms with Crippen molar-refractivity contribution in [1.82, 2.24) is 0 Å². The van der Waals surface area contributed by atoms with E-state index < -0.39 is 12.3 Å². The summed E-state index contributed by atoms with van der Waals surface area (Å²) in [7, 11) is 0. The molecule has 0 amide bonds. The molecule has 66 valence electrons. The van der Waals surface area contributed by atoms with E-state index in [1.54, 1.807) is 0 Å². The number of nitrogens with one attached hydrogen (secondary N) is 1. The molecule has 11 heavy (non-hydrogen) atoms. The third-order valence-electron chi connectivity index (χ3n) is 1.72. The molecule has 2 nitrogen and oxygen atoms in total. The second-order valence-corrected chi connectivity index (χ2v) is 2.85. The average Bonchev–Trinajstić information content (AvgIpc) is 2.02. The summed E-state index contributed by atoms with van der Waals surface area (Å²) in [6.45, 7) is 1.21. The highest BCUT2D eigenvalue weighted by Crippen LogP contribution is 2.19. The van der Waals surface area contributed by atoms with Gasteiger partial charge in [-0.2, -0.15) is 0 Å². The standard InChI is InChI=1S/C8H16FNO/c1-2-4-8(11,7-9)5-3-6-10/h6,10-11H,2-5,7H2,1H3. The number of aliphatic hydroxyl groups is 1. The van der Waals surface area contributed by atoms with E-state index in [2.05, 4.69) is 0 Å². The van der Waals surface area contributed by atoms with Crippen molar-refractivity contribution >= 4 is 6.21 Å². The van der Waals surface area contributed by atoms with E-state index in [9.17, 15) is 9.50 Å². The first kappa shape index (κ1) is 10.6. The Balaban J connectivity index is 3.76. The van der Waals surface area contributed by atoms with Crippen LogP contribution in [0, 0.1) is 5.41 Å². The molecule has 0 saturated heterocycles. The smallest absolute Gasteiger partial charge is 0.118 e. The van der Waals surface area contributed by atoms with Gasteiger partial charge in [0.2, 0.25) is 0 Å². The van der Waals surface area contributed by atoms with Crippen LogP contribution >= 0.6 is 0 Å². The third kappa shape index (κ3) is 4.09. The third-order valence-corrected chi connectivity index (χ3v) is 1.72. The van der Waals surface area contributed by atoms with Gasteiger partial charge in [0.1, 0.15) is 6.67 Å². The normalized spacial score (nSPS) is 15.9. The second-order valence-electron chi connectivity index (χ2n) is 2.85. The van der Waals surface area contributed by atoms with E-state index >= 15 is 0 Å². The van der Waals surface area contributed by atoms with Crippen molar-refractivity contribution in [2.24, 2.45) is 0 Å². The molecule has 0 aromatic carbocycles. The van der Waals surface area contributed by atoms with E-state index in [0.29, 0.717) is 19.3 Å². The molecule has 0 aliphatic carbocycles. The molecule has 1 unspecified atom stereocenters. The topological polar surface area (TPSA) is 44.1 Å². The molecule has 0 fully saturated rings. The van der Waals surface area contributed by atoms with E-state index in [1.807, 2.05) is 6.92 Å². The predicted octanol–water partition coefficient (Wildman–Crippen LogP) is 1.92. The minimum absolute atomic E-state index is 0.362. The Morgan fingerprint density at radius 3 is 2.55 bits per heavy atom. The van der Waals surface area contributed by atoms with Crippen molar-refractivity contribution in [2.75, 3.05) is 6.67 Å². The predicted molar refractivity (Wildman–Crippen MR) is 43.9 cm³/mol. The van der Waals surface area contributed by atoms with Crippen molar-refractivity contribution in [3.05, 3.63) is 0 Å². The highest BCUT2D eigenvalue weighted by molar-refractivity contribution is 5.52. The summed E-state index contributed by atoms with van der Waals surface area (Å²) in [4.78, 5) is 0. The molecule has 0 aromatic rings. The van der Waals surface area contributed by atoms with Gasteiger partial charge < -0.3 is 10.5 Å². The fraction of sp³-hybridized carbons (Fsp3) is 0.875. The SMILES string of the molecule is CCCC(O)(CF)CCC=N. The van der Waals surface area contributed by atoms with Crippen LogP contribution in [0.3, 0.4) is 0 Å². The summed E-state index contributed by atoms with van der Waals surface area (Å²) in [6.07, 6.45) is 3.29. The molecule has 0 spiro atoms. The largest absolute Gasteiger partial charge is 0.387 e. The summed E-state index contributed by atoms with van der Waals surface area (Å²) in [6, 6.07) is 0. The van der Waals surface area contributed by atoms with Crippen LogP contribution in [0.4, 0.5) is 4.39 Å². The lowest BCUT2D eigenvalue weighted by molar-refractivity contribution is 0.000935. The molecule has 0 aliphatic rings. The molecule has 0 bridgehead atoms. The number of alkyl halides is 1. The molecule has 3 heteroatoms. The van der Waals surface area contributed by atoms with E-state index in [0.717, 1.165) is 6.42 Å². The number of hydrogen-bond donors (Lipinski definition) is 2. The van der Waals surface area contributed by atoms with Gasteiger partial charge in [-0.05, 0) is 25.5 Å². The van der Waals surface area contributed by atoms with Gasteiger partial charge in [0.15, 0.2) is 0 Å². The van der Waals surface area contributed by atoms with Crippen molar-refractivity contribution in [3.63, 3.8) is 0 Å². The zero-order valence-corrected chi connectivity index (χ0v) is 6.94. The van der Waals surface area contributed by atoms with Crippen molar-refractivity contribution in [3.8, 4) is 0 Å². The molecule has 0 aromatic heterocycles. The van der Waals surface area contributed by atoms with Gasteiger partial charge in [-0.3, -0.25) is 0 Å². The van der Waals surface area contributed by atoms with Crippen LogP contribution in [0.2, 0.25) is 0 Å². The van der Waals surface area contributed by atoms with Gasteiger partial charge in [-0.1, -0.05) is 13.3 Å². The van der Waals surface area contributed by atoms with E-state index in [-0.39, 0.29) is 0 Å². The first-order chi connectivity index (χ1) is 5.18. The van der Waals surface area contributed by atoms with Crippen LogP contribution in [0.15, 0.2) is 0 Å². The van der Waals surface area contributed by atoms with Gasteiger partial charge in [-0.25, -0.2) is 4.39 Å². The zero-order chi connectivity index (χ0) is 8.74. The monoisotopic (exact) mass is 161 g/mol. The summed E-state index contributed by atoms with van der Waals surface area (Å²) in [5.41, 5.74) is -1.17. The minimum atomic E-state index is -1.17. The van der Waals surface area contributed by atoms with Gasteiger partial charge in [0.05, 0.1) is 5.60 Å². The highest BCUT2D eigenvalue weighted by Gasteiger charge is 2.24. The molecular weight excluding hydrogens is 145 g/mol. The van der Waals surface area contributed by atoms with Gasteiger partial charge in [0, 0.05) is 0 Å². The van der Waals surface area contributed by atoms with Gasteiger partial charge in [0.25, 0.3) is 0 Å². The van der Waals surface area contributed by atoms with Crippen LogP contribution in [0.25, 0.3) is 0 Å². The van der Waals surface area contributed by atoms with Crippen molar-refractivity contribution in [1.29, 1.82) is 5.41 Å². The Hall–Kier alpha value is -0.440. The molecule has 0 heterocycles. The van der Waals surface area contributed by atoms with Crippen LogP contribution < -0.4 is 0 Å². The lowest BCUT2D eigenvalue weighted by atomic mass is 9.94. The van der Waals surface area contributed by atoms with Crippen LogP contribution in [0.5, 0.6) is 0 Å². The Labute approximate surface area is 66.9 Å². The van der Waals surface area contributed by atoms with Crippen molar-refractivity contribution in [2.45, 2.75) is 38.2 Å². The first-order valence-electron chi connectivity index (χ1n) is 3.96. The Kier molecular flexibility index (Phi) is 5.03. The summed E-state index contributed by atoms with van der Waals surface area (Å²) < 4.78 is 12.2. The molecule has 0 radical (unpaired) electrons. The minimum Gasteiger partial charge on any atom is -0.387 e. The molecular formula is C8H16FNO. The number of hydrogen-bond acceptors (Lipinski definition) is 2. The molecule has 2 N–H and O–H groups in total. The number of rotatable bonds is 6. The lowest BCUT2D eigenvalue weighted by Crippen LogP contribution is -2.31. The van der Waals surface area contributed by atoms with Crippen LogP contribution in [-0.4, -0.2) is 23.6 Å². The summed E-state index contributed by atoms with van der Waals surface area (Å²) >= 11 is 0. The lowest BCUT2D eigenvalue weighted by Gasteiger charge is -2.23. The van der Waals surface area contributed by atoms with Crippen molar-refractivity contribution < 1.29 is 9.50 Å². The quantitative estimate of drug-likeness (QED) is 0.574. The maximum atomic E-state index is 12.2. The number of halogens is 1. The fourth-order valence-corrected chi connectivity index (χ4v) is 1.06. The maximum Gasteiger partial charge on any atom is 0.118 e. The maximum absolute atomic E-state index is 12.2. The Bertz CT molecular complexity index is 119. The molecule has 0 aliphatic heterocycles. The van der Waals surface area contributed by atoms with Gasteiger partial charge in [-0.15, -0.1) is 0 Å². The average molecular weight is 161 g/mol. The summed E-state index contributed by atoms with van der Waals surface area (Å²) in [5.74, 6) is 0. The second kappa shape index (κ2) is 5.24.